The first-order valence-corrected chi connectivity index (χ1v) is 6.42. The number of halogens is 1. The van der Waals surface area contributed by atoms with Gasteiger partial charge < -0.3 is 10.3 Å². The molecule has 0 saturated carbocycles. The molecule has 4 heteroatoms. The van der Waals surface area contributed by atoms with Crippen molar-refractivity contribution in [3.05, 3.63) is 72.7 Å². The van der Waals surface area contributed by atoms with Crippen LogP contribution in [0.3, 0.4) is 0 Å². The summed E-state index contributed by atoms with van der Waals surface area (Å²) in [6.45, 7) is 3.68. The molecule has 0 saturated heterocycles. The van der Waals surface area contributed by atoms with Gasteiger partial charge in [-0.1, -0.05) is 12.6 Å². The summed E-state index contributed by atoms with van der Waals surface area (Å²) < 4.78 is 14.9. The van der Waals surface area contributed by atoms with Crippen LogP contribution in [0.1, 0.15) is 5.56 Å². The van der Waals surface area contributed by atoms with Crippen molar-refractivity contribution in [2.45, 2.75) is 0 Å². The van der Waals surface area contributed by atoms with Crippen LogP contribution in [0.5, 0.6) is 0 Å². The molecule has 3 rings (SSSR count). The lowest BCUT2D eigenvalue weighted by Gasteiger charge is -2.07. The van der Waals surface area contributed by atoms with Crippen LogP contribution in [0, 0.1) is 5.82 Å². The van der Waals surface area contributed by atoms with Crippen LogP contribution in [0.15, 0.2) is 61.3 Å². The highest BCUT2D eigenvalue weighted by atomic mass is 19.1. The van der Waals surface area contributed by atoms with Crippen molar-refractivity contribution >= 4 is 22.4 Å². The van der Waals surface area contributed by atoms with E-state index in [0.717, 1.165) is 16.6 Å². The number of hydrogen-bond acceptors (Lipinski definition) is 1. The summed E-state index contributed by atoms with van der Waals surface area (Å²) in [6, 6.07) is 13.8. The van der Waals surface area contributed by atoms with Crippen molar-refractivity contribution in [1.82, 2.24) is 4.57 Å². The second-order valence-corrected chi connectivity index (χ2v) is 4.78. The second-order valence-electron chi connectivity index (χ2n) is 4.78. The Hall–Kier alpha value is -2.88. The molecule has 0 aliphatic heterocycles. The number of rotatable bonds is 3. The molecule has 0 aliphatic rings. The summed E-state index contributed by atoms with van der Waals surface area (Å²) >= 11 is 0. The fourth-order valence-corrected chi connectivity index (χ4v) is 2.30. The van der Waals surface area contributed by atoms with Crippen molar-refractivity contribution in [1.29, 1.82) is 0 Å². The third kappa shape index (κ3) is 2.31. The molecule has 1 amide bonds. The molecule has 3 nitrogen and oxygen atoms in total. The van der Waals surface area contributed by atoms with E-state index in [1.54, 1.807) is 18.2 Å². The summed E-state index contributed by atoms with van der Waals surface area (Å²) in [5.41, 5.74) is 8.06. The molecule has 0 aliphatic carbocycles. The molecule has 3 aromatic rings. The second kappa shape index (κ2) is 4.90. The van der Waals surface area contributed by atoms with Crippen molar-refractivity contribution in [2.75, 3.05) is 0 Å². The van der Waals surface area contributed by atoms with E-state index in [2.05, 4.69) is 6.58 Å². The van der Waals surface area contributed by atoms with Crippen LogP contribution in [0.2, 0.25) is 0 Å². The molecule has 1 heterocycles. The number of amides is 1. The summed E-state index contributed by atoms with van der Waals surface area (Å²) in [5.74, 6) is -0.803. The van der Waals surface area contributed by atoms with Gasteiger partial charge in [0, 0.05) is 22.8 Å². The third-order valence-electron chi connectivity index (χ3n) is 3.44. The summed E-state index contributed by atoms with van der Waals surface area (Å²) in [5, 5.41) is 0.958. The van der Waals surface area contributed by atoms with Gasteiger partial charge in [-0.15, -0.1) is 0 Å². The quantitative estimate of drug-likeness (QED) is 0.735. The normalized spacial score (nSPS) is 10.7. The lowest BCUT2D eigenvalue weighted by Crippen LogP contribution is -2.11. The van der Waals surface area contributed by atoms with Gasteiger partial charge in [0.1, 0.15) is 5.82 Å². The van der Waals surface area contributed by atoms with Gasteiger partial charge in [0.15, 0.2) is 0 Å². The summed E-state index contributed by atoms with van der Waals surface area (Å²) in [7, 11) is 0. The van der Waals surface area contributed by atoms with Crippen molar-refractivity contribution < 1.29 is 9.18 Å². The van der Waals surface area contributed by atoms with Gasteiger partial charge in [-0.25, -0.2) is 4.39 Å². The molecule has 0 atom stereocenters. The van der Waals surface area contributed by atoms with E-state index < -0.39 is 5.91 Å². The fraction of sp³-hybridized carbons (Fsp3) is 0. The smallest absolute Gasteiger partial charge is 0.248 e. The summed E-state index contributed by atoms with van der Waals surface area (Å²) in [4.78, 5) is 11.2. The first-order chi connectivity index (χ1) is 10.1. The minimum absolute atomic E-state index is 0.268. The lowest BCUT2D eigenvalue weighted by atomic mass is 10.1. The largest absolute Gasteiger partial charge is 0.366 e. The number of hydrogen-bond donors (Lipinski definition) is 1. The van der Waals surface area contributed by atoms with Crippen molar-refractivity contribution in [3.63, 3.8) is 0 Å². The molecule has 2 aromatic carbocycles. The number of carbonyl (C=O) groups is 1. The van der Waals surface area contributed by atoms with Crippen LogP contribution in [0.25, 0.3) is 22.2 Å². The Labute approximate surface area is 121 Å². The summed E-state index contributed by atoms with van der Waals surface area (Å²) in [6.07, 6.45) is 1.90. The first-order valence-electron chi connectivity index (χ1n) is 6.42. The van der Waals surface area contributed by atoms with Gasteiger partial charge in [0.2, 0.25) is 5.91 Å². The van der Waals surface area contributed by atoms with Gasteiger partial charge in [-0.2, -0.15) is 0 Å². The Morgan fingerprint density at radius 1 is 1.10 bits per heavy atom. The van der Waals surface area contributed by atoms with E-state index in [4.69, 9.17) is 5.73 Å². The molecular weight excluding hydrogens is 267 g/mol. The van der Waals surface area contributed by atoms with Crippen LogP contribution in [-0.4, -0.2) is 10.5 Å². The van der Waals surface area contributed by atoms with E-state index in [-0.39, 0.29) is 11.4 Å². The van der Waals surface area contributed by atoms with Gasteiger partial charge in [-0.05, 0) is 48.0 Å². The zero-order chi connectivity index (χ0) is 15.0. The average Bonchev–Trinajstić information content (AvgIpc) is 2.90. The maximum Gasteiger partial charge on any atom is 0.248 e. The predicted molar refractivity (Wildman–Crippen MR) is 81.5 cm³/mol. The molecule has 1 aromatic heterocycles. The predicted octanol–water partition coefficient (Wildman–Crippen LogP) is 3.27. The number of nitrogens with zero attached hydrogens (tertiary/aromatic N) is 1. The number of fused-ring (bicyclic) bond motifs is 1. The highest BCUT2D eigenvalue weighted by Gasteiger charge is 2.08. The zero-order valence-electron chi connectivity index (χ0n) is 11.2. The Bertz CT molecular complexity index is 847. The highest BCUT2D eigenvalue weighted by Crippen LogP contribution is 2.24. The van der Waals surface area contributed by atoms with Crippen LogP contribution >= 0.6 is 0 Å². The number of aromatic nitrogens is 1. The number of carbonyl (C=O) groups excluding carboxylic acids is 1. The lowest BCUT2D eigenvalue weighted by molar-refractivity contribution is -0.112. The van der Waals surface area contributed by atoms with Crippen LogP contribution < -0.4 is 5.73 Å². The third-order valence-corrected chi connectivity index (χ3v) is 3.44. The van der Waals surface area contributed by atoms with Crippen LogP contribution in [0.4, 0.5) is 4.39 Å². The first kappa shape index (κ1) is 13.1. The molecule has 104 valence electrons. The highest BCUT2D eigenvalue weighted by molar-refractivity contribution is 6.18. The van der Waals surface area contributed by atoms with E-state index in [1.807, 2.05) is 29.0 Å². The minimum atomic E-state index is -0.535. The fourth-order valence-electron chi connectivity index (χ4n) is 2.30. The van der Waals surface area contributed by atoms with Crippen molar-refractivity contribution in [3.8, 4) is 5.69 Å². The molecule has 0 unspecified atom stereocenters. The SMILES string of the molecule is C=C(C(N)=O)c1ccc2c(ccn2-c2ccc(F)cc2)c1. The number of nitrogens with two attached hydrogens (primary N) is 1. The molecule has 2 N–H and O–H groups in total. The topological polar surface area (TPSA) is 48.0 Å². The molecule has 0 radical (unpaired) electrons. The van der Waals surface area contributed by atoms with Crippen molar-refractivity contribution in [2.24, 2.45) is 5.73 Å². The molecule has 0 spiro atoms. The molecule has 0 bridgehead atoms. The molecular formula is C17H13FN2O. The maximum atomic E-state index is 13.0. The minimum Gasteiger partial charge on any atom is -0.366 e. The van der Waals surface area contributed by atoms with Gasteiger partial charge in [-0.3, -0.25) is 4.79 Å². The number of primary amides is 1. The van der Waals surface area contributed by atoms with Gasteiger partial charge in [0.25, 0.3) is 0 Å². The molecule has 21 heavy (non-hydrogen) atoms. The van der Waals surface area contributed by atoms with Gasteiger partial charge >= 0.3 is 0 Å². The standard InChI is InChI=1S/C17H13FN2O/c1-11(17(19)21)12-2-7-16-13(10-12)8-9-20(16)15-5-3-14(18)4-6-15/h2-10H,1H2,(H2,19,21). The van der Waals surface area contributed by atoms with Crippen LogP contribution in [-0.2, 0) is 4.79 Å². The Kier molecular flexibility index (Phi) is 3.06. The van der Waals surface area contributed by atoms with Gasteiger partial charge in [0.05, 0.1) is 5.52 Å². The number of benzene rings is 2. The Morgan fingerprint density at radius 3 is 2.48 bits per heavy atom. The van der Waals surface area contributed by atoms with E-state index in [1.165, 1.54) is 12.1 Å². The van der Waals surface area contributed by atoms with E-state index >= 15 is 0 Å². The monoisotopic (exact) mass is 280 g/mol. The zero-order valence-corrected chi connectivity index (χ0v) is 11.2. The Morgan fingerprint density at radius 2 is 1.81 bits per heavy atom. The average molecular weight is 280 g/mol. The van der Waals surface area contributed by atoms with E-state index in [0.29, 0.717) is 5.56 Å². The Balaban J connectivity index is 2.09. The maximum absolute atomic E-state index is 13.0. The molecule has 0 fully saturated rings. The van der Waals surface area contributed by atoms with E-state index in [9.17, 15) is 9.18 Å².